The summed E-state index contributed by atoms with van der Waals surface area (Å²) in [4.78, 5) is 12.9. The maximum atomic E-state index is 13.3. The van der Waals surface area contributed by atoms with E-state index in [9.17, 15) is 17.6 Å². The first kappa shape index (κ1) is 22.2. The number of amides is 1. The molecule has 0 spiro atoms. The third kappa shape index (κ3) is 4.63. The van der Waals surface area contributed by atoms with Crippen LogP contribution in [-0.4, -0.2) is 31.2 Å². The molecule has 0 atom stereocenters. The van der Waals surface area contributed by atoms with Gasteiger partial charge in [-0.1, -0.05) is 18.2 Å². The van der Waals surface area contributed by atoms with Crippen molar-refractivity contribution in [3.8, 4) is 5.69 Å². The second-order valence-corrected chi connectivity index (χ2v) is 9.32. The van der Waals surface area contributed by atoms with Crippen LogP contribution in [0.15, 0.2) is 89.8 Å². The highest BCUT2D eigenvalue weighted by molar-refractivity contribution is 7.92. The Bertz CT molecular complexity index is 1380. The van der Waals surface area contributed by atoms with Gasteiger partial charge in [-0.3, -0.25) is 9.10 Å². The molecule has 0 aliphatic rings. The van der Waals surface area contributed by atoms with Crippen LogP contribution in [0.3, 0.4) is 0 Å². The molecular weight excluding hydrogens is 443 g/mol. The van der Waals surface area contributed by atoms with E-state index in [4.69, 9.17) is 0 Å². The minimum absolute atomic E-state index is 0.0672. The lowest BCUT2D eigenvalue weighted by atomic mass is 10.2. The average molecular weight is 465 g/mol. The molecule has 1 heterocycles. The summed E-state index contributed by atoms with van der Waals surface area (Å²) in [5.41, 5.74) is 2.06. The van der Waals surface area contributed by atoms with Gasteiger partial charge >= 0.3 is 0 Å². The summed E-state index contributed by atoms with van der Waals surface area (Å²) in [6.07, 6.45) is 0. The van der Waals surface area contributed by atoms with Crippen LogP contribution in [0.25, 0.3) is 5.69 Å². The minimum atomic E-state index is -3.78. The maximum absolute atomic E-state index is 13.3. The molecule has 4 rings (SSSR count). The number of rotatable bonds is 6. The van der Waals surface area contributed by atoms with Crippen molar-refractivity contribution in [1.82, 2.24) is 9.78 Å². The first-order valence-corrected chi connectivity index (χ1v) is 11.5. The largest absolute Gasteiger partial charge is 0.306 e. The second-order valence-electron chi connectivity index (χ2n) is 7.35. The predicted molar refractivity (Wildman–Crippen MR) is 125 cm³/mol. The average Bonchev–Trinajstić information content (AvgIpc) is 3.19. The molecule has 0 aliphatic carbocycles. The van der Waals surface area contributed by atoms with Crippen molar-refractivity contribution in [3.63, 3.8) is 0 Å². The Hall–Kier alpha value is -3.98. The summed E-state index contributed by atoms with van der Waals surface area (Å²) in [6.45, 7) is 1.78. The van der Waals surface area contributed by atoms with Crippen molar-refractivity contribution in [2.75, 3.05) is 16.7 Å². The van der Waals surface area contributed by atoms with Crippen LogP contribution < -0.4 is 9.62 Å². The molecule has 0 saturated carbocycles. The van der Waals surface area contributed by atoms with E-state index in [1.807, 2.05) is 0 Å². The number of sulfonamides is 1. The first-order chi connectivity index (χ1) is 15.8. The van der Waals surface area contributed by atoms with Crippen LogP contribution in [0.2, 0.25) is 0 Å². The van der Waals surface area contributed by atoms with Crippen molar-refractivity contribution >= 4 is 27.4 Å². The smallest absolute Gasteiger partial charge is 0.264 e. The van der Waals surface area contributed by atoms with Gasteiger partial charge in [0.15, 0.2) is 0 Å². The Labute approximate surface area is 191 Å². The molecule has 0 unspecified atom stereocenters. The third-order valence-electron chi connectivity index (χ3n) is 5.04. The zero-order chi connectivity index (χ0) is 23.6. The summed E-state index contributed by atoms with van der Waals surface area (Å²) in [5.74, 6) is -0.399. The van der Waals surface area contributed by atoms with Crippen LogP contribution in [-0.2, 0) is 10.0 Å². The molecule has 0 saturated heterocycles. The molecule has 0 aliphatic heterocycles. The molecule has 7 nitrogen and oxygen atoms in total. The van der Waals surface area contributed by atoms with E-state index in [-0.39, 0.29) is 16.3 Å². The fraction of sp³-hybridized carbons (Fsp3) is 0.0833. The number of hydrogen-bond donors (Lipinski definition) is 1. The van der Waals surface area contributed by atoms with Gasteiger partial charge in [0, 0.05) is 18.7 Å². The highest BCUT2D eigenvalue weighted by Crippen LogP contribution is 2.23. The van der Waals surface area contributed by atoms with Crippen LogP contribution in [0.1, 0.15) is 16.1 Å². The van der Waals surface area contributed by atoms with Crippen molar-refractivity contribution in [1.29, 1.82) is 0 Å². The van der Waals surface area contributed by atoms with E-state index in [2.05, 4.69) is 10.4 Å². The van der Waals surface area contributed by atoms with E-state index in [1.165, 1.54) is 52.4 Å². The monoisotopic (exact) mass is 464 g/mol. The summed E-state index contributed by atoms with van der Waals surface area (Å²) in [6, 6.07) is 21.8. The zero-order valence-corrected chi connectivity index (χ0v) is 18.8. The summed E-state index contributed by atoms with van der Waals surface area (Å²) in [5, 5.41) is 7.12. The molecule has 1 N–H and O–H groups in total. The van der Waals surface area contributed by atoms with Gasteiger partial charge in [-0.15, -0.1) is 0 Å². The van der Waals surface area contributed by atoms with Crippen molar-refractivity contribution in [2.24, 2.45) is 0 Å². The first-order valence-electron chi connectivity index (χ1n) is 10.0. The lowest BCUT2D eigenvalue weighted by molar-refractivity contribution is 0.102. The Morgan fingerprint density at radius 2 is 1.61 bits per heavy atom. The molecular formula is C24H21FN4O3S. The molecule has 1 aromatic heterocycles. The normalized spacial score (nSPS) is 11.2. The standard InChI is InChI=1S/C24H21FN4O3S/c1-17-16-23(29(27-17)21-12-10-19(25)11-13-21)26-24(30)18-8-14-22(15-9-18)33(31,32)28(2)20-6-4-3-5-7-20/h3-16H,1-2H3,(H,26,30). The number of aryl methyl sites for hydroxylation is 1. The lowest BCUT2D eigenvalue weighted by Crippen LogP contribution is -2.26. The number of carbonyl (C=O) groups excluding carboxylic acids is 1. The van der Waals surface area contributed by atoms with Crippen LogP contribution in [0, 0.1) is 12.7 Å². The number of halogens is 1. The molecule has 4 aromatic rings. The maximum Gasteiger partial charge on any atom is 0.264 e. The quantitative estimate of drug-likeness (QED) is 0.459. The van der Waals surface area contributed by atoms with E-state index >= 15 is 0 Å². The van der Waals surface area contributed by atoms with Gasteiger partial charge in [0.1, 0.15) is 11.6 Å². The molecule has 1 amide bonds. The van der Waals surface area contributed by atoms with Gasteiger partial charge in [-0.25, -0.2) is 17.5 Å². The number of nitrogens with one attached hydrogen (secondary N) is 1. The number of anilines is 2. The topological polar surface area (TPSA) is 84.3 Å². The lowest BCUT2D eigenvalue weighted by Gasteiger charge is -2.19. The molecule has 9 heteroatoms. The number of para-hydroxylation sites is 1. The Kier molecular flexibility index (Phi) is 5.97. The van der Waals surface area contributed by atoms with Gasteiger partial charge in [0.05, 0.1) is 22.0 Å². The van der Waals surface area contributed by atoms with E-state index in [0.717, 1.165) is 0 Å². The number of hydrogen-bond acceptors (Lipinski definition) is 4. The second kappa shape index (κ2) is 8.87. The predicted octanol–water partition coefficient (Wildman–Crippen LogP) is 4.40. The number of carbonyl (C=O) groups is 1. The van der Waals surface area contributed by atoms with Gasteiger partial charge in [-0.05, 0) is 67.6 Å². The molecule has 0 radical (unpaired) electrons. The van der Waals surface area contributed by atoms with Crippen LogP contribution in [0.4, 0.5) is 15.9 Å². The van der Waals surface area contributed by atoms with E-state index < -0.39 is 15.9 Å². The molecule has 33 heavy (non-hydrogen) atoms. The molecule has 0 bridgehead atoms. The minimum Gasteiger partial charge on any atom is -0.306 e. The van der Waals surface area contributed by atoms with Gasteiger partial charge in [0.2, 0.25) is 0 Å². The number of aromatic nitrogens is 2. The van der Waals surface area contributed by atoms with Crippen molar-refractivity contribution in [3.05, 3.63) is 102 Å². The van der Waals surface area contributed by atoms with Crippen LogP contribution in [0.5, 0.6) is 0 Å². The fourth-order valence-electron chi connectivity index (χ4n) is 3.27. The van der Waals surface area contributed by atoms with E-state index in [1.54, 1.807) is 55.5 Å². The summed E-state index contributed by atoms with van der Waals surface area (Å²) < 4.78 is 41.8. The summed E-state index contributed by atoms with van der Waals surface area (Å²) >= 11 is 0. The van der Waals surface area contributed by atoms with Gasteiger partial charge in [-0.2, -0.15) is 5.10 Å². The number of benzene rings is 3. The number of nitrogens with zero attached hydrogens (tertiary/aromatic N) is 3. The molecule has 3 aromatic carbocycles. The van der Waals surface area contributed by atoms with Crippen molar-refractivity contribution in [2.45, 2.75) is 11.8 Å². The molecule has 0 fully saturated rings. The highest BCUT2D eigenvalue weighted by Gasteiger charge is 2.22. The van der Waals surface area contributed by atoms with E-state index in [0.29, 0.717) is 22.9 Å². The van der Waals surface area contributed by atoms with Crippen molar-refractivity contribution < 1.29 is 17.6 Å². The Morgan fingerprint density at radius 1 is 0.970 bits per heavy atom. The Balaban J connectivity index is 1.55. The Morgan fingerprint density at radius 3 is 2.24 bits per heavy atom. The zero-order valence-electron chi connectivity index (χ0n) is 17.9. The van der Waals surface area contributed by atoms with Gasteiger partial charge in [0.25, 0.3) is 15.9 Å². The third-order valence-corrected chi connectivity index (χ3v) is 6.84. The highest BCUT2D eigenvalue weighted by atomic mass is 32.2. The van der Waals surface area contributed by atoms with Gasteiger partial charge < -0.3 is 5.32 Å². The summed E-state index contributed by atoms with van der Waals surface area (Å²) in [7, 11) is -2.30. The molecule has 168 valence electrons. The fourth-order valence-corrected chi connectivity index (χ4v) is 4.46. The SMILES string of the molecule is Cc1cc(NC(=O)c2ccc(S(=O)(=O)N(C)c3ccccc3)cc2)n(-c2ccc(F)cc2)n1. The van der Waals surface area contributed by atoms with Crippen LogP contribution >= 0.6 is 0 Å².